The zero-order chi connectivity index (χ0) is 13.9. The minimum absolute atomic E-state index is 0.274. The maximum atomic E-state index is 13.7. The minimum Gasteiger partial charge on any atom is -0.497 e. The van der Waals surface area contributed by atoms with Gasteiger partial charge < -0.3 is 10.1 Å². The third kappa shape index (κ3) is 3.45. The normalized spacial score (nSPS) is 21.5. The summed E-state index contributed by atoms with van der Waals surface area (Å²) in [5, 5.41) is 2.69. The molecule has 1 heterocycles. The molecule has 0 aromatic heterocycles. The lowest BCUT2D eigenvalue weighted by atomic mass is 10.2. The fraction of sp³-hybridized carbons (Fsp3) is 0.538. The Balaban J connectivity index is 1.89. The summed E-state index contributed by atoms with van der Waals surface area (Å²) in [5.41, 5.74) is 0.510. The third-order valence-corrected chi connectivity index (χ3v) is 5.69. The first-order chi connectivity index (χ1) is 9.03. The molecular formula is C13H18FNO3S. The number of benzene rings is 1. The molecule has 1 atom stereocenters. The fourth-order valence-corrected chi connectivity index (χ4v) is 4.05. The summed E-state index contributed by atoms with van der Waals surface area (Å²) in [4.78, 5) is 0. The average molecular weight is 287 g/mol. The van der Waals surface area contributed by atoms with Crippen molar-refractivity contribution in [2.24, 2.45) is 0 Å². The van der Waals surface area contributed by atoms with E-state index in [1.807, 2.05) is 0 Å². The molecule has 4 nitrogen and oxygen atoms in total. The number of methoxy groups -OCH3 is 1. The molecule has 1 unspecified atom stereocenters. The van der Waals surface area contributed by atoms with Gasteiger partial charge >= 0.3 is 0 Å². The van der Waals surface area contributed by atoms with E-state index < -0.39 is 9.84 Å². The highest BCUT2D eigenvalue weighted by atomic mass is 32.2. The summed E-state index contributed by atoms with van der Waals surface area (Å²) in [7, 11) is -1.45. The Hall–Kier alpha value is -1.14. The van der Waals surface area contributed by atoms with Crippen LogP contribution in [0.2, 0.25) is 0 Å². The molecule has 106 valence electrons. The first-order valence-electron chi connectivity index (χ1n) is 6.27. The predicted octanol–water partition coefficient (Wildman–Crippen LogP) is 1.50. The van der Waals surface area contributed by atoms with Gasteiger partial charge in [0, 0.05) is 24.7 Å². The number of sulfone groups is 1. The van der Waals surface area contributed by atoms with E-state index in [0.717, 1.165) is 6.42 Å². The van der Waals surface area contributed by atoms with Crippen molar-refractivity contribution in [3.05, 3.63) is 29.6 Å². The third-order valence-electron chi connectivity index (χ3n) is 3.41. The molecule has 1 aliphatic heterocycles. The van der Waals surface area contributed by atoms with E-state index in [2.05, 4.69) is 5.32 Å². The van der Waals surface area contributed by atoms with Crippen LogP contribution in [-0.4, -0.2) is 33.1 Å². The van der Waals surface area contributed by atoms with Crippen LogP contribution >= 0.6 is 0 Å². The van der Waals surface area contributed by atoms with Crippen molar-refractivity contribution in [2.45, 2.75) is 24.6 Å². The average Bonchev–Trinajstić information content (AvgIpc) is 2.70. The lowest BCUT2D eigenvalue weighted by Crippen LogP contribution is -2.30. The highest BCUT2D eigenvalue weighted by molar-refractivity contribution is 7.92. The van der Waals surface area contributed by atoms with Crippen molar-refractivity contribution in [1.29, 1.82) is 0 Å². The lowest BCUT2D eigenvalue weighted by Gasteiger charge is -2.11. The van der Waals surface area contributed by atoms with E-state index in [-0.39, 0.29) is 16.8 Å². The highest BCUT2D eigenvalue weighted by Crippen LogP contribution is 2.20. The van der Waals surface area contributed by atoms with Crippen molar-refractivity contribution in [1.82, 2.24) is 5.32 Å². The van der Waals surface area contributed by atoms with E-state index in [9.17, 15) is 12.8 Å². The first kappa shape index (κ1) is 14.3. The van der Waals surface area contributed by atoms with Gasteiger partial charge in [0.15, 0.2) is 9.84 Å². The molecule has 1 aliphatic rings. The smallest absolute Gasteiger partial charge is 0.154 e. The fourth-order valence-electron chi connectivity index (χ4n) is 2.25. The van der Waals surface area contributed by atoms with Gasteiger partial charge in [-0.15, -0.1) is 0 Å². The maximum absolute atomic E-state index is 13.7. The quantitative estimate of drug-likeness (QED) is 0.891. The number of hydrogen-bond acceptors (Lipinski definition) is 4. The SMILES string of the molecule is COc1ccc(CNCC2CCCS2(=O)=O)c(F)c1. The van der Waals surface area contributed by atoms with Gasteiger partial charge in [-0.2, -0.15) is 0 Å². The van der Waals surface area contributed by atoms with Crippen LogP contribution in [0.25, 0.3) is 0 Å². The summed E-state index contributed by atoms with van der Waals surface area (Å²) < 4.78 is 41.8. The molecule has 0 bridgehead atoms. The molecule has 1 fully saturated rings. The molecule has 2 rings (SSSR count). The van der Waals surface area contributed by atoms with Crippen LogP contribution < -0.4 is 10.1 Å². The predicted molar refractivity (Wildman–Crippen MR) is 71.5 cm³/mol. The maximum Gasteiger partial charge on any atom is 0.154 e. The Bertz CT molecular complexity index is 545. The van der Waals surface area contributed by atoms with Gasteiger partial charge in [0.25, 0.3) is 0 Å². The van der Waals surface area contributed by atoms with Gasteiger partial charge in [-0.25, -0.2) is 12.8 Å². The van der Waals surface area contributed by atoms with Gasteiger partial charge in [0.05, 0.1) is 18.1 Å². The zero-order valence-electron chi connectivity index (χ0n) is 10.9. The van der Waals surface area contributed by atoms with Crippen LogP contribution in [-0.2, 0) is 16.4 Å². The van der Waals surface area contributed by atoms with Crippen LogP contribution in [0.4, 0.5) is 4.39 Å². The van der Waals surface area contributed by atoms with Gasteiger partial charge in [-0.3, -0.25) is 0 Å². The van der Waals surface area contributed by atoms with Crippen LogP contribution in [0, 0.1) is 5.82 Å². The van der Waals surface area contributed by atoms with E-state index in [4.69, 9.17) is 4.74 Å². The van der Waals surface area contributed by atoms with Crippen molar-refractivity contribution >= 4 is 9.84 Å². The zero-order valence-corrected chi connectivity index (χ0v) is 11.7. The molecule has 1 saturated heterocycles. The van der Waals surface area contributed by atoms with Gasteiger partial charge in [-0.05, 0) is 18.9 Å². The topological polar surface area (TPSA) is 55.4 Å². The van der Waals surface area contributed by atoms with E-state index in [1.54, 1.807) is 12.1 Å². The summed E-state index contributed by atoms with van der Waals surface area (Å²) >= 11 is 0. The molecule has 0 spiro atoms. The van der Waals surface area contributed by atoms with E-state index >= 15 is 0 Å². The number of ether oxygens (including phenoxy) is 1. The van der Waals surface area contributed by atoms with Gasteiger partial charge in [0.2, 0.25) is 0 Å². The molecule has 1 aromatic carbocycles. The Labute approximate surface area is 112 Å². The molecule has 0 radical (unpaired) electrons. The number of halogens is 1. The molecule has 6 heteroatoms. The number of nitrogens with one attached hydrogen (secondary N) is 1. The van der Waals surface area contributed by atoms with Gasteiger partial charge in [0.1, 0.15) is 11.6 Å². The Kier molecular flexibility index (Phi) is 4.42. The minimum atomic E-state index is -2.94. The molecule has 19 heavy (non-hydrogen) atoms. The summed E-state index contributed by atoms with van der Waals surface area (Å²) in [6.45, 7) is 0.704. The van der Waals surface area contributed by atoms with E-state index in [1.165, 1.54) is 13.2 Å². The standard InChI is InChI=1S/C13H18FNO3S/c1-18-11-5-4-10(13(14)7-11)8-15-9-12-3-2-6-19(12,16)17/h4-5,7,12,15H,2-3,6,8-9H2,1H3. The molecular weight excluding hydrogens is 269 g/mol. The van der Waals surface area contributed by atoms with Crippen molar-refractivity contribution in [2.75, 3.05) is 19.4 Å². The monoisotopic (exact) mass is 287 g/mol. The highest BCUT2D eigenvalue weighted by Gasteiger charge is 2.30. The molecule has 1 aromatic rings. The van der Waals surface area contributed by atoms with Crippen molar-refractivity contribution < 1.29 is 17.5 Å². The Morgan fingerprint density at radius 3 is 2.84 bits per heavy atom. The second-order valence-electron chi connectivity index (χ2n) is 4.72. The Morgan fingerprint density at radius 2 is 2.26 bits per heavy atom. The van der Waals surface area contributed by atoms with Crippen molar-refractivity contribution in [3.63, 3.8) is 0 Å². The number of hydrogen-bond donors (Lipinski definition) is 1. The van der Waals surface area contributed by atoms with Crippen LogP contribution in [0.15, 0.2) is 18.2 Å². The van der Waals surface area contributed by atoms with Gasteiger partial charge in [-0.1, -0.05) is 6.07 Å². The summed E-state index contributed by atoms with van der Waals surface area (Å²) in [6.07, 6.45) is 1.42. The molecule has 0 saturated carbocycles. The second kappa shape index (κ2) is 5.88. The van der Waals surface area contributed by atoms with Crippen LogP contribution in [0.5, 0.6) is 5.75 Å². The van der Waals surface area contributed by atoms with Crippen molar-refractivity contribution in [3.8, 4) is 5.75 Å². The molecule has 1 N–H and O–H groups in total. The van der Waals surface area contributed by atoms with E-state index in [0.29, 0.717) is 30.8 Å². The molecule has 0 aliphatic carbocycles. The Morgan fingerprint density at radius 1 is 1.47 bits per heavy atom. The number of rotatable bonds is 5. The second-order valence-corrected chi connectivity index (χ2v) is 7.12. The van der Waals surface area contributed by atoms with Crippen LogP contribution in [0.3, 0.4) is 0 Å². The van der Waals surface area contributed by atoms with Crippen LogP contribution in [0.1, 0.15) is 18.4 Å². The molecule has 0 amide bonds. The largest absolute Gasteiger partial charge is 0.497 e. The lowest BCUT2D eigenvalue weighted by molar-refractivity contribution is 0.410. The summed E-state index contributed by atoms with van der Waals surface area (Å²) in [5.74, 6) is 0.400. The summed E-state index contributed by atoms with van der Waals surface area (Å²) in [6, 6.07) is 4.65. The first-order valence-corrected chi connectivity index (χ1v) is 7.99.